The highest BCUT2D eigenvalue weighted by molar-refractivity contribution is 5.93. The van der Waals surface area contributed by atoms with Crippen LogP contribution in [-0.2, 0) is 11.3 Å². The number of carbonyl (C=O) groups excluding carboxylic acids is 1. The molecule has 1 aliphatic heterocycles. The summed E-state index contributed by atoms with van der Waals surface area (Å²) in [5.74, 6) is 0.678. The molecule has 0 saturated carbocycles. The number of carbonyl (C=O) groups is 1. The Morgan fingerprint density at radius 2 is 1.59 bits per heavy atom. The molecular weight excluding hydrogens is 362 g/mol. The van der Waals surface area contributed by atoms with Gasteiger partial charge in [0.25, 0.3) is 0 Å². The van der Waals surface area contributed by atoms with Gasteiger partial charge < -0.3 is 10.1 Å². The molecule has 0 spiro atoms. The first-order chi connectivity index (χ1) is 14.2. The maximum atomic E-state index is 12.4. The number of nitrogens with zero attached hydrogens (tertiary/aromatic N) is 2. The van der Waals surface area contributed by atoms with Crippen LogP contribution in [-0.4, -0.2) is 55.5 Å². The summed E-state index contributed by atoms with van der Waals surface area (Å²) in [6.45, 7) is 5.06. The van der Waals surface area contributed by atoms with Crippen molar-refractivity contribution in [1.82, 2.24) is 9.80 Å². The van der Waals surface area contributed by atoms with Crippen LogP contribution in [0.5, 0.6) is 5.75 Å². The average molecular weight is 389 g/mol. The van der Waals surface area contributed by atoms with Crippen LogP contribution in [0.2, 0.25) is 0 Å². The number of hydrogen-bond donors (Lipinski definition) is 1. The van der Waals surface area contributed by atoms with Crippen molar-refractivity contribution >= 4 is 22.4 Å². The second-order valence-electron chi connectivity index (χ2n) is 7.44. The van der Waals surface area contributed by atoms with Crippen LogP contribution in [0.1, 0.15) is 5.56 Å². The van der Waals surface area contributed by atoms with Gasteiger partial charge in [-0.1, -0.05) is 54.6 Å². The van der Waals surface area contributed by atoms with Crippen LogP contribution in [0, 0.1) is 0 Å². The summed E-state index contributed by atoms with van der Waals surface area (Å²) in [5.41, 5.74) is 2.08. The van der Waals surface area contributed by atoms with Crippen molar-refractivity contribution in [2.24, 2.45) is 0 Å². The number of anilines is 1. The second kappa shape index (κ2) is 9.07. The maximum Gasteiger partial charge on any atom is 0.238 e. The normalized spacial score (nSPS) is 15.3. The van der Waals surface area contributed by atoms with Crippen LogP contribution in [0.4, 0.5) is 5.69 Å². The molecule has 0 unspecified atom stereocenters. The Morgan fingerprint density at radius 1 is 0.897 bits per heavy atom. The molecule has 3 aromatic rings. The molecule has 1 heterocycles. The van der Waals surface area contributed by atoms with E-state index in [4.69, 9.17) is 4.74 Å². The SMILES string of the molecule is COc1ccccc1NC(=O)CN1CCN(Cc2cccc3ccccc23)CC1. The van der Waals surface area contributed by atoms with E-state index in [9.17, 15) is 4.79 Å². The molecule has 1 amide bonds. The predicted molar refractivity (Wildman–Crippen MR) is 117 cm³/mol. The number of piperazine rings is 1. The Labute approximate surface area is 171 Å². The lowest BCUT2D eigenvalue weighted by molar-refractivity contribution is -0.117. The van der Waals surface area contributed by atoms with E-state index in [-0.39, 0.29) is 5.91 Å². The van der Waals surface area contributed by atoms with E-state index >= 15 is 0 Å². The molecule has 1 fully saturated rings. The van der Waals surface area contributed by atoms with Crippen LogP contribution < -0.4 is 10.1 Å². The van der Waals surface area contributed by atoms with Crippen LogP contribution in [0.15, 0.2) is 66.7 Å². The van der Waals surface area contributed by atoms with Crippen molar-refractivity contribution in [2.45, 2.75) is 6.54 Å². The molecule has 1 N–H and O–H groups in total. The minimum atomic E-state index is -0.00277. The summed E-state index contributed by atoms with van der Waals surface area (Å²) in [6.07, 6.45) is 0. The van der Waals surface area contributed by atoms with Gasteiger partial charge in [0.15, 0.2) is 0 Å². The summed E-state index contributed by atoms with van der Waals surface area (Å²) in [7, 11) is 1.61. The lowest BCUT2D eigenvalue weighted by Crippen LogP contribution is -2.48. The van der Waals surface area contributed by atoms with E-state index in [1.807, 2.05) is 24.3 Å². The average Bonchev–Trinajstić information content (AvgIpc) is 2.76. The fraction of sp³-hybridized carbons (Fsp3) is 0.292. The maximum absolute atomic E-state index is 12.4. The zero-order valence-electron chi connectivity index (χ0n) is 16.8. The highest BCUT2D eigenvalue weighted by Crippen LogP contribution is 2.23. The minimum Gasteiger partial charge on any atom is -0.495 e. The van der Waals surface area contributed by atoms with Crippen molar-refractivity contribution in [1.29, 1.82) is 0 Å². The Morgan fingerprint density at radius 3 is 2.41 bits per heavy atom. The summed E-state index contributed by atoms with van der Waals surface area (Å²) in [6, 6.07) is 22.6. The minimum absolute atomic E-state index is 0.00277. The van der Waals surface area contributed by atoms with Crippen molar-refractivity contribution in [2.75, 3.05) is 45.2 Å². The molecule has 0 atom stereocenters. The van der Waals surface area contributed by atoms with E-state index in [0.29, 0.717) is 12.3 Å². The first-order valence-corrected chi connectivity index (χ1v) is 10.1. The van der Waals surface area contributed by atoms with Gasteiger partial charge in [-0.05, 0) is 28.5 Å². The summed E-state index contributed by atoms with van der Waals surface area (Å²) in [5, 5.41) is 5.58. The predicted octanol–water partition coefficient (Wildman–Crippen LogP) is 3.60. The van der Waals surface area contributed by atoms with Crippen molar-refractivity contribution < 1.29 is 9.53 Å². The standard InChI is InChI=1S/C24H27N3O2/c1-29-23-12-5-4-11-22(23)25-24(28)18-27-15-13-26(14-16-27)17-20-9-6-8-19-7-2-3-10-21(19)20/h2-12H,13-18H2,1H3,(H,25,28). The van der Waals surface area contributed by atoms with Crippen molar-refractivity contribution in [3.05, 3.63) is 72.3 Å². The monoisotopic (exact) mass is 389 g/mol. The first-order valence-electron chi connectivity index (χ1n) is 10.1. The molecule has 0 aromatic heterocycles. The number of benzene rings is 3. The van der Waals surface area contributed by atoms with Crippen LogP contribution in [0.3, 0.4) is 0 Å². The van der Waals surface area contributed by atoms with Gasteiger partial charge >= 0.3 is 0 Å². The topological polar surface area (TPSA) is 44.8 Å². The lowest BCUT2D eigenvalue weighted by Gasteiger charge is -2.34. The third-order valence-corrected chi connectivity index (χ3v) is 5.49. The number of hydrogen-bond acceptors (Lipinski definition) is 4. The summed E-state index contributed by atoms with van der Waals surface area (Å²) < 4.78 is 5.30. The van der Waals surface area contributed by atoms with E-state index in [1.165, 1.54) is 16.3 Å². The Bertz CT molecular complexity index is 975. The van der Waals surface area contributed by atoms with E-state index in [0.717, 1.165) is 38.4 Å². The smallest absolute Gasteiger partial charge is 0.238 e. The van der Waals surface area contributed by atoms with Crippen molar-refractivity contribution in [3.63, 3.8) is 0 Å². The third-order valence-electron chi connectivity index (χ3n) is 5.49. The largest absolute Gasteiger partial charge is 0.495 e. The Balaban J connectivity index is 1.30. The number of amides is 1. The molecule has 5 heteroatoms. The number of rotatable bonds is 6. The van der Waals surface area contributed by atoms with Gasteiger partial charge in [0.05, 0.1) is 19.3 Å². The molecule has 1 aliphatic rings. The van der Waals surface area contributed by atoms with Gasteiger partial charge in [-0.3, -0.25) is 14.6 Å². The molecule has 0 aliphatic carbocycles. The van der Waals surface area contributed by atoms with Crippen LogP contribution in [0.25, 0.3) is 10.8 Å². The van der Waals surface area contributed by atoms with Gasteiger partial charge in [-0.2, -0.15) is 0 Å². The Hall–Kier alpha value is -2.89. The lowest BCUT2D eigenvalue weighted by atomic mass is 10.0. The number of nitrogens with one attached hydrogen (secondary N) is 1. The molecule has 29 heavy (non-hydrogen) atoms. The van der Waals surface area contributed by atoms with Gasteiger partial charge in [-0.15, -0.1) is 0 Å². The van der Waals surface area contributed by atoms with E-state index in [1.54, 1.807) is 7.11 Å². The molecule has 5 nitrogen and oxygen atoms in total. The highest BCUT2D eigenvalue weighted by Gasteiger charge is 2.20. The third kappa shape index (κ3) is 4.75. The number of fused-ring (bicyclic) bond motifs is 1. The Kier molecular flexibility index (Phi) is 6.08. The van der Waals surface area contributed by atoms with Gasteiger partial charge in [0.1, 0.15) is 5.75 Å². The summed E-state index contributed by atoms with van der Waals surface area (Å²) >= 11 is 0. The molecule has 3 aromatic carbocycles. The first kappa shape index (κ1) is 19.4. The number of ether oxygens (including phenoxy) is 1. The molecular formula is C24H27N3O2. The second-order valence-corrected chi connectivity index (χ2v) is 7.44. The highest BCUT2D eigenvalue weighted by atomic mass is 16.5. The fourth-order valence-electron chi connectivity index (χ4n) is 3.92. The fourth-order valence-corrected chi connectivity index (χ4v) is 3.92. The van der Waals surface area contributed by atoms with Gasteiger partial charge in [0, 0.05) is 32.7 Å². The number of methoxy groups -OCH3 is 1. The van der Waals surface area contributed by atoms with E-state index in [2.05, 4.69) is 57.6 Å². The number of para-hydroxylation sites is 2. The van der Waals surface area contributed by atoms with Crippen molar-refractivity contribution in [3.8, 4) is 5.75 Å². The molecule has 150 valence electrons. The molecule has 4 rings (SSSR count). The van der Waals surface area contributed by atoms with Gasteiger partial charge in [-0.25, -0.2) is 0 Å². The van der Waals surface area contributed by atoms with Crippen LogP contribution >= 0.6 is 0 Å². The molecule has 0 radical (unpaired) electrons. The van der Waals surface area contributed by atoms with Gasteiger partial charge in [0.2, 0.25) is 5.91 Å². The molecule has 1 saturated heterocycles. The zero-order valence-corrected chi connectivity index (χ0v) is 16.8. The zero-order chi connectivity index (χ0) is 20.1. The summed E-state index contributed by atoms with van der Waals surface area (Å²) in [4.78, 5) is 17.1. The quantitative estimate of drug-likeness (QED) is 0.700. The van der Waals surface area contributed by atoms with E-state index < -0.39 is 0 Å². The molecule has 0 bridgehead atoms.